The van der Waals surface area contributed by atoms with E-state index in [0.29, 0.717) is 23.0 Å². The molecule has 0 bridgehead atoms. The summed E-state index contributed by atoms with van der Waals surface area (Å²) in [5.74, 6) is 2.83. The quantitative estimate of drug-likeness (QED) is 0.123. The second-order valence-electron chi connectivity index (χ2n) is 10.2. The van der Waals surface area contributed by atoms with Crippen LogP contribution < -0.4 is 9.47 Å². The molecule has 0 heterocycles. The van der Waals surface area contributed by atoms with Gasteiger partial charge in [0.25, 0.3) is 0 Å². The minimum Gasteiger partial charge on any atom is -0.508 e. The van der Waals surface area contributed by atoms with Gasteiger partial charge in [0.1, 0.15) is 36.2 Å². The van der Waals surface area contributed by atoms with E-state index < -0.39 is 12.2 Å². The molecule has 0 aliphatic carbocycles. The van der Waals surface area contributed by atoms with Crippen LogP contribution in [0.15, 0.2) is 107 Å². The summed E-state index contributed by atoms with van der Waals surface area (Å²) in [7, 11) is 0. The van der Waals surface area contributed by atoms with Gasteiger partial charge in [0.05, 0.1) is 12.2 Å². The molecule has 0 radical (unpaired) electrons. The highest BCUT2D eigenvalue weighted by Crippen LogP contribution is 2.33. The lowest BCUT2D eigenvalue weighted by Gasteiger charge is -2.26. The highest BCUT2D eigenvalue weighted by molar-refractivity contribution is 7.99. The van der Waals surface area contributed by atoms with Gasteiger partial charge in [-0.15, -0.1) is 23.5 Å². The Morgan fingerprint density at radius 1 is 0.561 bits per heavy atom. The van der Waals surface area contributed by atoms with Crippen LogP contribution in [0.25, 0.3) is 0 Å². The second-order valence-corrected chi connectivity index (χ2v) is 12.4. The Balaban J connectivity index is 1.22. The van der Waals surface area contributed by atoms with Crippen LogP contribution in [-0.4, -0.2) is 57.4 Å². The smallest absolute Gasteiger partial charge is 0.119 e. The maximum Gasteiger partial charge on any atom is 0.119 e. The Bertz CT molecular complexity index is 1240. The van der Waals surface area contributed by atoms with Gasteiger partial charge in [0, 0.05) is 26.7 Å². The molecule has 0 aliphatic rings. The number of hydrogen-bond donors (Lipinski definition) is 4. The van der Waals surface area contributed by atoms with Crippen molar-refractivity contribution in [2.45, 2.75) is 41.3 Å². The predicted octanol–water partition coefficient (Wildman–Crippen LogP) is 6.49. The number of hydrogen-bond acceptors (Lipinski definition) is 8. The zero-order chi connectivity index (χ0) is 29.2. The molecule has 4 rings (SSSR count). The van der Waals surface area contributed by atoms with E-state index in [4.69, 9.17) is 9.47 Å². The highest BCUT2D eigenvalue weighted by Gasteiger charge is 2.23. The SMILES string of the molecule is CC(C)(c1ccc(OCC(O)CSc2ccc(O)cc2)cc1)c1ccc(OCC(O)CSc2ccc(O)cc2)cc1. The van der Waals surface area contributed by atoms with Gasteiger partial charge in [-0.1, -0.05) is 38.1 Å². The maximum absolute atomic E-state index is 10.3. The molecule has 2 unspecified atom stereocenters. The molecule has 4 aromatic rings. The third-order valence-electron chi connectivity index (χ3n) is 6.59. The number of phenols is 2. The van der Waals surface area contributed by atoms with Crippen molar-refractivity contribution in [2.24, 2.45) is 0 Å². The molecule has 2 atom stereocenters. The second kappa shape index (κ2) is 14.5. The maximum atomic E-state index is 10.3. The largest absolute Gasteiger partial charge is 0.508 e. The summed E-state index contributed by atoms with van der Waals surface area (Å²) < 4.78 is 11.6. The third kappa shape index (κ3) is 9.36. The number of ether oxygens (including phenoxy) is 2. The van der Waals surface area contributed by atoms with Crippen molar-refractivity contribution in [3.8, 4) is 23.0 Å². The topological polar surface area (TPSA) is 99.4 Å². The van der Waals surface area contributed by atoms with E-state index >= 15 is 0 Å². The van der Waals surface area contributed by atoms with Gasteiger partial charge in [0.15, 0.2) is 0 Å². The van der Waals surface area contributed by atoms with Crippen LogP contribution >= 0.6 is 23.5 Å². The van der Waals surface area contributed by atoms with Crippen molar-refractivity contribution >= 4 is 23.5 Å². The monoisotopic (exact) mass is 592 g/mol. The molecular formula is C33H36O6S2. The first-order valence-corrected chi connectivity index (χ1v) is 15.3. The molecule has 6 nitrogen and oxygen atoms in total. The normalized spacial score (nSPS) is 13.0. The zero-order valence-electron chi connectivity index (χ0n) is 23.1. The van der Waals surface area contributed by atoms with E-state index in [-0.39, 0.29) is 30.1 Å². The number of thioether (sulfide) groups is 2. The molecule has 0 fully saturated rings. The number of aliphatic hydroxyl groups is 2. The fraction of sp³-hybridized carbons (Fsp3) is 0.273. The molecule has 0 aliphatic heterocycles. The van der Waals surface area contributed by atoms with Crippen molar-refractivity contribution < 1.29 is 29.9 Å². The number of benzene rings is 4. The van der Waals surface area contributed by atoms with E-state index in [2.05, 4.69) is 13.8 Å². The van der Waals surface area contributed by atoms with Crippen LogP contribution in [0.5, 0.6) is 23.0 Å². The summed E-state index contributed by atoms with van der Waals surface area (Å²) in [4.78, 5) is 1.96. The Kier molecular flexibility index (Phi) is 10.9. The summed E-state index contributed by atoms with van der Waals surface area (Å²) in [6.07, 6.45) is -1.24. The summed E-state index contributed by atoms with van der Waals surface area (Å²) >= 11 is 3.02. The van der Waals surface area contributed by atoms with Crippen LogP contribution in [0.2, 0.25) is 0 Å². The summed E-state index contributed by atoms with van der Waals surface area (Å²) in [5.41, 5.74) is 2.00. The summed E-state index contributed by atoms with van der Waals surface area (Å²) in [6, 6.07) is 29.7. The van der Waals surface area contributed by atoms with Crippen LogP contribution in [-0.2, 0) is 5.41 Å². The Hall–Kier alpha value is -3.30. The van der Waals surface area contributed by atoms with Gasteiger partial charge >= 0.3 is 0 Å². The van der Waals surface area contributed by atoms with E-state index in [1.165, 1.54) is 23.5 Å². The number of rotatable bonds is 14. The van der Waals surface area contributed by atoms with Gasteiger partial charge in [0.2, 0.25) is 0 Å². The lowest BCUT2D eigenvalue weighted by Crippen LogP contribution is -2.21. The van der Waals surface area contributed by atoms with Crippen molar-refractivity contribution in [1.82, 2.24) is 0 Å². The Morgan fingerprint density at radius 3 is 1.24 bits per heavy atom. The molecule has 0 aromatic heterocycles. The molecule has 0 amide bonds. The molecule has 0 saturated carbocycles. The third-order valence-corrected chi connectivity index (χ3v) is 8.91. The Morgan fingerprint density at radius 2 is 0.902 bits per heavy atom. The molecule has 216 valence electrons. The van der Waals surface area contributed by atoms with Gasteiger partial charge in [-0.05, 0) is 83.9 Å². The fourth-order valence-electron chi connectivity index (χ4n) is 4.05. The van der Waals surface area contributed by atoms with E-state index in [1.54, 1.807) is 24.3 Å². The number of aliphatic hydroxyl groups excluding tert-OH is 2. The first-order valence-electron chi connectivity index (χ1n) is 13.4. The van der Waals surface area contributed by atoms with Gasteiger partial charge in [-0.25, -0.2) is 0 Å². The molecule has 4 aromatic carbocycles. The number of aromatic hydroxyl groups is 2. The average molecular weight is 593 g/mol. The summed E-state index contributed by atoms with van der Waals surface area (Å²) in [5, 5.41) is 39.4. The predicted molar refractivity (Wildman–Crippen MR) is 166 cm³/mol. The molecule has 0 saturated heterocycles. The fourth-order valence-corrected chi connectivity index (χ4v) is 5.67. The van der Waals surface area contributed by atoms with Crippen LogP contribution in [0, 0.1) is 0 Å². The van der Waals surface area contributed by atoms with Crippen molar-refractivity contribution in [3.05, 3.63) is 108 Å². The van der Waals surface area contributed by atoms with Crippen molar-refractivity contribution in [1.29, 1.82) is 0 Å². The van der Waals surface area contributed by atoms with Gasteiger partial charge in [-0.3, -0.25) is 0 Å². The minimum absolute atomic E-state index is 0.194. The molecule has 4 N–H and O–H groups in total. The van der Waals surface area contributed by atoms with Crippen LogP contribution in [0.3, 0.4) is 0 Å². The highest BCUT2D eigenvalue weighted by atomic mass is 32.2. The first kappa shape index (κ1) is 30.7. The summed E-state index contributed by atoms with van der Waals surface area (Å²) in [6.45, 7) is 4.71. The molecule has 0 spiro atoms. The molecule has 8 heteroatoms. The van der Waals surface area contributed by atoms with E-state index in [0.717, 1.165) is 20.9 Å². The van der Waals surface area contributed by atoms with E-state index in [9.17, 15) is 20.4 Å². The minimum atomic E-state index is -0.621. The standard InChI is InChI=1S/C33H36O6S2/c1-33(2,23-3-11-29(12-4-23)38-19-27(36)21-40-31-15-7-25(34)8-16-31)24-5-13-30(14-6-24)39-20-28(37)22-41-32-17-9-26(35)10-18-32/h3-18,27-28,34-37H,19-22H2,1-2H3. The van der Waals surface area contributed by atoms with Crippen molar-refractivity contribution in [3.63, 3.8) is 0 Å². The molecule has 41 heavy (non-hydrogen) atoms. The first-order chi connectivity index (χ1) is 19.7. The van der Waals surface area contributed by atoms with E-state index in [1.807, 2.05) is 72.8 Å². The zero-order valence-corrected chi connectivity index (χ0v) is 24.8. The van der Waals surface area contributed by atoms with Gasteiger partial charge < -0.3 is 29.9 Å². The van der Waals surface area contributed by atoms with Gasteiger partial charge in [-0.2, -0.15) is 0 Å². The molecular weight excluding hydrogens is 556 g/mol. The lowest BCUT2D eigenvalue weighted by molar-refractivity contribution is 0.126. The van der Waals surface area contributed by atoms with Crippen molar-refractivity contribution in [2.75, 3.05) is 24.7 Å². The van der Waals surface area contributed by atoms with Crippen LogP contribution in [0.1, 0.15) is 25.0 Å². The van der Waals surface area contributed by atoms with Crippen LogP contribution in [0.4, 0.5) is 0 Å². The number of phenolic OH excluding ortho intramolecular Hbond substituents is 2. The lowest BCUT2D eigenvalue weighted by atomic mass is 9.78. The average Bonchev–Trinajstić information content (AvgIpc) is 2.99. The Labute approximate surface area is 250 Å².